The van der Waals surface area contributed by atoms with Gasteiger partial charge in [-0.15, -0.1) is 0 Å². The van der Waals surface area contributed by atoms with Gasteiger partial charge in [0.05, 0.1) is 0 Å². The van der Waals surface area contributed by atoms with Gasteiger partial charge in [-0.1, -0.05) is 13.8 Å². The van der Waals surface area contributed by atoms with E-state index in [0.29, 0.717) is 30.6 Å². The topological polar surface area (TPSA) is 60.4 Å². The first kappa shape index (κ1) is 17.0. The lowest BCUT2D eigenvalue weighted by molar-refractivity contribution is -0.158. The minimum atomic E-state index is -0.198. The van der Waals surface area contributed by atoms with Gasteiger partial charge in [0.2, 0.25) is 0 Å². The molecule has 4 rings (SSSR count). The monoisotopic (exact) mass is 344 g/mol. The molecule has 0 aromatic heterocycles. The highest BCUT2D eigenvalue weighted by Gasteiger charge is 2.61. The SMILES string of the molecule is CC(=O)O[C@H]1CC[C@H]2[C@@H]3CC(=O)C4=CC(=O)CC[C@]4(C)C3CC[C@]12C. The molecule has 4 aliphatic rings. The molecule has 4 aliphatic carbocycles. The van der Waals surface area contributed by atoms with Crippen molar-refractivity contribution in [2.24, 2.45) is 28.6 Å². The van der Waals surface area contributed by atoms with Crippen molar-refractivity contribution in [3.8, 4) is 0 Å². The van der Waals surface area contributed by atoms with Gasteiger partial charge < -0.3 is 4.74 Å². The average molecular weight is 344 g/mol. The molecule has 0 spiro atoms. The van der Waals surface area contributed by atoms with Crippen molar-refractivity contribution in [2.75, 3.05) is 0 Å². The first-order chi connectivity index (χ1) is 11.8. The van der Waals surface area contributed by atoms with Crippen molar-refractivity contribution >= 4 is 17.5 Å². The highest BCUT2D eigenvalue weighted by molar-refractivity contribution is 6.05. The number of ketones is 2. The van der Waals surface area contributed by atoms with Crippen LogP contribution in [0.25, 0.3) is 0 Å². The van der Waals surface area contributed by atoms with Gasteiger partial charge in [0.1, 0.15) is 6.10 Å². The summed E-state index contributed by atoms with van der Waals surface area (Å²) < 4.78 is 5.66. The zero-order valence-corrected chi connectivity index (χ0v) is 15.5. The Morgan fingerprint density at radius 1 is 1.12 bits per heavy atom. The third-order valence-corrected chi connectivity index (χ3v) is 8.01. The van der Waals surface area contributed by atoms with E-state index in [1.165, 1.54) is 6.92 Å². The highest BCUT2D eigenvalue weighted by atomic mass is 16.5. The second-order valence-corrected chi connectivity index (χ2v) is 9.17. The molecular weight excluding hydrogens is 316 g/mol. The fourth-order valence-corrected chi connectivity index (χ4v) is 6.73. The third kappa shape index (κ3) is 2.36. The standard InChI is InChI=1S/C21H28O4/c1-12(22)25-19-5-4-15-14-11-18(24)17-10-13(23)6-8-20(17,2)16(14)7-9-21(15,19)3/h10,14-16,19H,4-9,11H2,1-3H3/t14-,15-,16?,19-,20+,21-/m0/s1. The Kier molecular flexibility index (Phi) is 3.75. The van der Waals surface area contributed by atoms with Crippen LogP contribution >= 0.6 is 0 Å². The summed E-state index contributed by atoms with van der Waals surface area (Å²) in [5.74, 6) is 1.36. The van der Waals surface area contributed by atoms with E-state index in [1.807, 2.05) is 0 Å². The molecule has 0 aliphatic heterocycles. The van der Waals surface area contributed by atoms with E-state index in [0.717, 1.165) is 37.7 Å². The number of hydrogen-bond donors (Lipinski definition) is 0. The molecular formula is C21H28O4. The second-order valence-electron chi connectivity index (χ2n) is 9.17. The molecule has 4 heteroatoms. The zero-order valence-electron chi connectivity index (χ0n) is 15.5. The maximum atomic E-state index is 12.9. The predicted octanol–water partition coefficient (Wildman–Crippen LogP) is 3.63. The Balaban J connectivity index is 1.67. The molecule has 3 saturated carbocycles. The molecule has 0 heterocycles. The normalized spacial score (nSPS) is 46.0. The number of esters is 1. The summed E-state index contributed by atoms with van der Waals surface area (Å²) in [5.41, 5.74) is 0.646. The Hall–Kier alpha value is -1.45. The zero-order chi connectivity index (χ0) is 18.0. The third-order valence-electron chi connectivity index (χ3n) is 8.01. The van der Waals surface area contributed by atoms with Crippen molar-refractivity contribution in [2.45, 2.75) is 71.8 Å². The summed E-state index contributed by atoms with van der Waals surface area (Å²) in [6.45, 7) is 5.96. The molecule has 136 valence electrons. The van der Waals surface area contributed by atoms with Gasteiger partial charge >= 0.3 is 5.97 Å². The summed E-state index contributed by atoms with van der Waals surface area (Å²) in [5, 5.41) is 0. The van der Waals surface area contributed by atoms with Crippen molar-refractivity contribution in [3.63, 3.8) is 0 Å². The first-order valence-corrected chi connectivity index (χ1v) is 9.71. The van der Waals surface area contributed by atoms with Crippen LogP contribution in [0.2, 0.25) is 0 Å². The van der Waals surface area contributed by atoms with Crippen LogP contribution in [0.4, 0.5) is 0 Å². The van der Waals surface area contributed by atoms with Gasteiger partial charge in [0.25, 0.3) is 0 Å². The lowest BCUT2D eigenvalue weighted by atomic mass is 9.47. The van der Waals surface area contributed by atoms with Gasteiger partial charge in [-0.2, -0.15) is 0 Å². The number of Topliss-reactive ketones (excluding diaryl/α,β-unsaturated/α-hetero) is 1. The van der Waals surface area contributed by atoms with Gasteiger partial charge in [0.15, 0.2) is 11.6 Å². The van der Waals surface area contributed by atoms with Crippen LogP contribution in [0.15, 0.2) is 11.6 Å². The molecule has 0 radical (unpaired) electrons. The number of hydrogen-bond acceptors (Lipinski definition) is 4. The second kappa shape index (κ2) is 5.52. The van der Waals surface area contributed by atoms with Crippen LogP contribution in [0.1, 0.15) is 65.7 Å². The number of carbonyl (C=O) groups is 3. The molecule has 0 aromatic carbocycles. The van der Waals surface area contributed by atoms with Crippen molar-refractivity contribution in [1.82, 2.24) is 0 Å². The summed E-state index contributed by atoms with van der Waals surface area (Å²) in [6.07, 6.45) is 7.62. The van der Waals surface area contributed by atoms with E-state index in [4.69, 9.17) is 4.74 Å². The molecule has 25 heavy (non-hydrogen) atoms. The number of rotatable bonds is 1. The lowest BCUT2D eigenvalue weighted by Gasteiger charge is -2.57. The fourth-order valence-electron chi connectivity index (χ4n) is 6.73. The Bertz CT molecular complexity index is 677. The fraction of sp³-hybridized carbons (Fsp3) is 0.762. The van der Waals surface area contributed by atoms with Crippen LogP contribution in [0, 0.1) is 28.6 Å². The van der Waals surface area contributed by atoms with Crippen LogP contribution in [-0.4, -0.2) is 23.6 Å². The van der Waals surface area contributed by atoms with E-state index in [9.17, 15) is 14.4 Å². The van der Waals surface area contributed by atoms with E-state index in [2.05, 4.69) is 13.8 Å². The minimum absolute atomic E-state index is 0.00478. The number of carbonyl (C=O) groups excluding carboxylic acids is 3. The number of allylic oxidation sites excluding steroid dienone is 1. The Labute approximate surface area is 149 Å². The van der Waals surface area contributed by atoms with Crippen LogP contribution < -0.4 is 0 Å². The van der Waals surface area contributed by atoms with Gasteiger partial charge in [-0.05, 0) is 61.3 Å². The summed E-state index contributed by atoms with van der Waals surface area (Å²) in [6, 6.07) is 0. The molecule has 0 N–H and O–H groups in total. The lowest BCUT2D eigenvalue weighted by Crippen LogP contribution is -2.53. The quantitative estimate of drug-likeness (QED) is 0.682. The van der Waals surface area contributed by atoms with Crippen molar-refractivity contribution < 1.29 is 19.1 Å². The van der Waals surface area contributed by atoms with E-state index >= 15 is 0 Å². The van der Waals surface area contributed by atoms with E-state index in [-0.39, 0.29) is 34.5 Å². The van der Waals surface area contributed by atoms with Gasteiger partial charge in [-0.3, -0.25) is 14.4 Å². The smallest absolute Gasteiger partial charge is 0.302 e. The maximum Gasteiger partial charge on any atom is 0.302 e. The molecule has 0 amide bonds. The largest absolute Gasteiger partial charge is 0.462 e. The summed E-state index contributed by atoms with van der Waals surface area (Å²) in [4.78, 5) is 36.3. The molecule has 6 atom stereocenters. The molecule has 3 fully saturated rings. The predicted molar refractivity (Wildman–Crippen MR) is 92.7 cm³/mol. The van der Waals surface area contributed by atoms with E-state index < -0.39 is 0 Å². The molecule has 0 bridgehead atoms. The van der Waals surface area contributed by atoms with Gasteiger partial charge in [-0.25, -0.2) is 0 Å². The average Bonchev–Trinajstić information content (AvgIpc) is 2.86. The summed E-state index contributed by atoms with van der Waals surface area (Å²) in [7, 11) is 0. The highest BCUT2D eigenvalue weighted by Crippen LogP contribution is 2.64. The molecule has 0 saturated heterocycles. The van der Waals surface area contributed by atoms with Crippen molar-refractivity contribution in [3.05, 3.63) is 11.6 Å². The molecule has 0 aromatic rings. The van der Waals surface area contributed by atoms with E-state index in [1.54, 1.807) is 6.08 Å². The van der Waals surface area contributed by atoms with Gasteiger partial charge in [0, 0.05) is 30.8 Å². The van der Waals surface area contributed by atoms with Crippen LogP contribution in [0.5, 0.6) is 0 Å². The Morgan fingerprint density at radius 3 is 2.60 bits per heavy atom. The molecule has 4 nitrogen and oxygen atoms in total. The maximum absolute atomic E-state index is 12.9. The minimum Gasteiger partial charge on any atom is -0.462 e. The van der Waals surface area contributed by atoms with Crippen LogP contribution in [0.3, 0.4) is 0 Å². The summed E-state index contributed by atoms with van der Waals surface area (Å²) >= 11 is 0. The number of ether oxygens (including phenoxy) is 1. The van der Waals surface area contributed by atoms with Crippen molar-refractivity contribution in [1.29, 1.82) is 0 Å². The molecule has 1 unspecified atom stereocenters. The number of fused-ring (bicyclic) bond motifs is 5. The first-order valence-electron chi connectivity index (χ1n) is 9.71. The van der Waals surface area contributed by atoms with Crippen LogP contribution in [-0.2, 0) is 19.1 Å². The Morgan fingerprint density at radius 2 is 1.88 bits per heavy atom.